The highest BCUT2D eigenvalue weighted by Gasteiger charge is 2.25. The van der Waals surface area contributed by atoms with Crippen LogP contribution in [0.15, 0.2) is 48.5 Å². The van der Waals surface area contributed by atoms with Crippen LogP contribution in [-0.4, -0.2) is 0 Å². The normalized spacial score (nSPS) is 13.5. The smallest absolute Gasteiger partial charge is 0.00131 e. The molecule has 0 aliphatic heterocycles. The quantitative estimate of drug-likeness (QED) is 0.354. The molecule has 0 heterocycles. The Morgan fingerprint density at radius 1 is 0.500 bits per heavy atom. The molecule has 22 heavy (non-hydrogen) atoms. The van der Waals surface area contributed by atoms with Gasteiger partial charge in [0, 0.05) is 0 Å². The lowest BCUT2D eigenvalue weighted by molar-refractivity contribution is 1.23. The van der Waals surface area contributed by atoms with Gasteiger partial charge in [0.25, 0.3) is 0 Å². The van der Waals surface area contributed by atoms with Crippen LogP contribution in [0, 0.1) is 13.8 Å². The average Bonchev–Trinajstić information content (AvgIpc) is 3.00. The van der Waals surface area contributed by atoms with Crippen LogP contribution in [0.4, 0.5) is 0 Å². The van der Waals surface area contributed by atoms with E-state index >= 15 is 0 Å². The summed E-state index contributed by atoms with van der Waals surface area (Å²) in [6.07, 6.45) is 2.17. The zero-order chi connectivity index (χ0) is 14.8. The molecule has 0 amide bonds. The summed E-state index contributed by atoms with van der Waals surface area (Å²) in [4.78, 5) is 0. The van der Waals surface area contributed by atoms with E-state index < -0.39 is 0 Å². The van der Waals surface area contributed by atoms with Crippen LogP contribution < -0.4 is 0 Å². The monoisotopic (exact) mass is 282 g/mol. The summed E-state index contributed by atoms with van der Waals surface area (Å²) in [6, 6.07) is 18.7. The molecule has 5 rings (SSSR count). The molecule has 0 nitrogen and oxygen atoms in total. The molecule has 0 radical (unpaired) electrons. The molecule has 0 aromatic heterocycles. The zero-order valence-electron chi connectivity index (χ0n) is 13.0. The fourth-order valence-electron chi connectivity index (χ4n) is 4.16. The van der Waals surface area contributed by atoms with Gasteiger partial charge in [-0.1, -0.05) is 47.5 Å². The van der Waals surface area contributed by atoms with Gasteiger partial charge in [-0.3, -0.25) is 0 Å². The molecule has 3 aromatic carbocycles. The second-order valence-electron chi connectivity index (χ2n) is 6.84. The first-order valence-corrected chi connectivity index (χ1v) is 8.04. The van der Waals surface area contributed by atoms with Gasteiger partial charge < -0.3 is 0 Å². The maximum absolute atomic E-state index is 2.45. The Morgan fingerprint density at radius 3 is 1.36 bits per heavy atom. The lowest BCUT2D eigenvalue weighted by Gasteiger charge is -2.06. The first kappa shape index (κ1) is 12.2. The van der Waals surface area contributed by atoms with Gasteiger partial charge >= 0.3 is 0 Å². The molecular weight excluding hydrogens is 264 g/mol. The van der Waals surface area contributed by atoms with Gasteiger partial charge in [0.2, 0.25) is 0 Å². The van der Waals surface area contributed by atoms with Gasteiger partial charge in [-0.25, -0.2) is 0 Å². The fourth-order valence-corrected chi connectivity index (χ4v) is 4.16. The number of benzene rings is 3. The second-order valence-corrected chi connectivity index (χ2v) is 6.84. The SMILES string of the molecule is Cc1ccc2c(c1)Cc1cc3c(cc1-2)Cc1cc(C)ccc1-3. The van der Waals surface area contributed by atoms with Crippen LogP contribution in [0.3, 0.4) is 0 Å². The Kier molecular flexibility index (Phi) is 2.28. The Labute approximate surface area is 131 Å². The Hall–Kier alpha value is -2.34. The maximum atomic E-state index is 2.45. The third-order valence-corrected chi connectivity index (χ3v) is 5.19. The summed E-state index contributed by atoms with van der Waals surface area (Å²) < 4.78 is 0. The molecule has 2 aliphatic rings. The van der Waals surface area contributed by atoms with E-state index in [1.807, 2.05) is 0 Å². The third-order valence-electron chi connectivity index (χ3n) is 5.19. The van der Waals surface area contributed by atoms with Crippen molar-refractivity contribution < 1.29 is 0 Å². The Balaban J connectivity index is 1.70. The van der Waals surface area contributed by atoms with E-state index in [4.69, 9.17) is 0 Å². The zero-order valence-corrected chi connectivity index (χ0v) is 13.0. The number of fused-ring (bicyclic) bond motifs is 6. The van der Waals surface area contributed by atoms with Crippen molar-refractivity contribution >= 4 is 0 Å². The highest BCUT2D eigenvalue weighted by Crippen LogP contribution is 2.44. The van der Waals surface area contributed by atoms with Crippen LogP contribution in [0.5, 0.6) is 0 Å². The summed E-state index contributed by atoms with van der Waals surface area (Å²) >= 11 is 0. The molecule has 0 fully saturated rings. The topological polar surface area (TPSA) is 0 Å². The minimum Gasteiger partial charge on any atom is -0.0587 e. The molecular formula is C22H18. The first-order valence-electron chi connectivity index (χ1n) is 8.04. The molecule has 0 saturated carbocycles. The highest BCUT2D eigenvalue weighted by atomic mass is 14.3. The Morgan fingerprint density at radius 2 is 0.909 bits per heavy atom. The third kappa shape index (κ3) is 1.58. The van der Waals surface area contributed by atoms with Gasteiger partial charge in [0.15, 0.2) is 0 Å². The largest absolute Gasteiger partial charge is 0.0587 e. The second kappa shape index (κ2) is 4.10. The van der Waals surface area contributed by atoms with E-state index in [0.29, 0.717) is 0 Å². The molecule has 0 spiro atoms. The standard InChI is InChI=1S/C22H18/c1-13-3-5-19-15(7-13)9-17-11-22-18(12-21(17)19)10-16-8-14(2)4-6-20(16)22/h3-8,11-12H,9-10H2,1-2H3. The van der Waals surface area contributed by atoms with Gasteiger partial charge in [-0.05, 0) is 83.3 Å². The van der Waals surface area contributed by atoms with E-state index in [1.165, 1.54) is 55.6 Å². The summed E-state index contributed by atoms with van der Waals surface area (Å²) in [5, 5.41) is 0. The predicted octanol–water partition coefficient (Wildman–Crippen LogP) is 5.45. The van der Waals surface area contributed by atoms with Crippen molar-refractivity contribution in [2.45, 2.75) is 26.7 Å². The van der Waals surface area contributed by atoms with Crippen LogP contribution in [-0.2, 0) is 12.8 Å². The first-order chi connectivity index (χ1) is 10.7. The van der Waals surface area contributed by atoms with Crippen LogP contribution in [0.2, 0.25) is 0 Å². The highest BCUT2D eigenvalue weighted by molar-refractivity contribution is 5.85. The molecule has 0 heteroatoms. The molecule has 0 atom stereocenters. The molecule has 0 saturated heterocycles. The van der Waals surface area contributed by atoms with Crippen molar-refractivity contribution in [1.29, 1.82) is 0 Å². The summed E-state index contributed by atoms with van der Waals surface area (Å²) in [5.74, 6) is 0. The fraction of sp³-hybridized carbons (Fsp3) is 0.182. The minimum atomic E-state index is 1.08. The van der Waals surface area contributed by atoms with E-state index in [-0.39, 0.29) is 0 Å². The molecule has 3 aromatic rings. The predicted molar refractivity (Wildman–Crippen MR) is 92.4 cm³/mol. The van der Waals surface area contributed by atoms with E-state index in [0.717, 1.165) is 12.8 Å². The van der Waals surface area contributed by atoms with Crippen molar-refractivity contribution in [2.24, 2.45) is 0 Å². The average molecular weight is 282 g/mol. The molecule has 0 bridgehead atoms. The molecule has 2 aliphatic carbocycles. The number of rotatable bonds is 0. The van der Waals surface area contributed by atoms with E-state index in [1.54, 1.807) is 0 Å². The van der Waals surface area contributed by atoms with Crippen molar-refractivity contribution in [3.63, 3.8) is 0 Å². The summed E-state index contributed by atoms with van der Waals surface area (Å²) in [7, 11) is 0. The number of hydrogen-bond donors (Lipinski definition) is 0. The summed E-state index contributed by atoms with van der Waals surface area (Å²) in [5.41, 5.74) is 14.5. The van der Waals surface area contributed by atoms with E-state index in [9.17, 15) is 0 Å². The number of hydrogen-bond acceptors (Lipinski definition) is 0. The van der Waals surface area contributed by atoms with Crippen molar-refractivity contribution in [2.75, 3.05) is 0 Å². The van der Waals surface area contributed by atoms with E-state index in [2.05, 4.69) is 62.4 Å². The van der Waals surface area contributed by atoms with Crippen LogP contribution in [0.1, 0.15) is 33.4 Å². The summed E-state index contributed by atoms with van der Waals surface area (Å²) in [6.45, 7) is 4.36. The van der Waals surface area contributed by atoms with Gasteiger partial charge in [-0.2, -0.15) is 0 Å². The van der Waals surface area contributed by atoms with Crippen molar-refractivity contribution in [1.82, 2.24) is 0 Å². The number of aryl methyl sites for hydroxylation is 2. The lowest BCUT2D eigenvalue weighted by Crippen LogP contribution is -1.85. The van der Waals surface area contributed by atoms with Crippen LogP contribution >= 0.6 is 0 Å². The maximum Gasteiger partial charge on any atom is -0.00131 e. The van der Waals surface area contributed by atoms with Crippen LogP contribution in [0.25, 0.3) is 22.3 Å². The van der Waals surface area contributed by atoms with Crippen molar-refractivity contribution in [3.8, 4) is 22.3 Å². The molecule has 106 valence electrons. The lowest BCUT2D eigenvalue weighted by atomic mass is 9.98. The molecule has 0 unspecified atom stereocenters. The van der Waals surface area contributed by atoms with Gasteiger partial charge in [0.05, 0.1) is 0 Å². The molecule has 0 N–H and O–H groups in total. The van der Waals surface area contributed by atoms with Gasteiger partial charge in [-0.15, -0.1) is 0 Å². The van der Waals surface area contributed by atoms with Gasteiger partial charge in [0.1, 0.15) is 0 Å². The minimum absolute atomic E-state index is 1.08. The Bertz CT molecular complexity index is 865. The van der Waals surface area contributed by atoms with Crippen molar-refractivity contribution in [3.05, 3.63) is 81.9 Å².